The summed E-state index contributed by atoms with van der Waals surface area (Å²) in [7, 11) is 0. The highest BCUT2D eigenvalue weighted by Gasteiger charge is 2.05. The maximum absolute atomic E-state index is 11.8. The van der Waals surface area contributed by atoms with Crippen LogP contribution in [-0.2, 0) is 11.3 Å². The van der Waals surface area contributed by atoms with Crippen LogP contribution in [0.2, 0.25) is 5.02 Å². The lowest BCUT2D eigenvalue weighted by Gasteiger charge is -2.09. The van der Waals surface area contributed by atoms with Crippen molar-refractivity contribution in [3.63, 3.8) is 0 Å². The summed E-state index contributed by atoms with van der Waals surface area (Å²) in [6.07, 6.45) is 0. The molecule has 0 saturated carbocycles. The second kappa shape index (κ2) is 7.08. The van der Waals surface area contributed by atoms with Crippen molar-refractivity contribution in [3.8, 4) is 0 Å². The number of rotatable bonds is 5. The normalized spacial score (nSPS) is 10.3. The standard InChI is InChI=1S/C16H17ClN2O/c1-12-7-8-14(17)9-15(12)19-16(20)11-18-10-13-5-3-2-4-6-13/h2-9,18H,10-11H2,1H3,(H,19,20). The van der Waals surface area contributed by atoms with E-state index in [-0.39, 0.29) is 12.5 Å². The van der Waals surface area contributed by atoms with Crippen molar-refractivity contribution in [1.29, 1.82) is 0 Å². The molecule has 2 aromatic carbocycles. The van der Waals surface area contributed by atoms with E-state index in [0.717, 1.165) is 16.8 Å². The summed E-state index contributed by atoms with van der Waals surface area (Å²) in [5, 5.41) is 6.58. The van der Waals surface area contributed by atoms with E-state index < -0.39 is 0 Å². The van der Waals surface area contributed by atoms with Crippen molar-refractivity contribution >= 4 is 23.2 Å². The van der Waals surface area contributed by atoms with E-state index in [1.165, 1.54) is 0 Å². The molecule has 0 heterocycles. The fourth-order valence-electron chi connectivity index (χ4n) is 1.84. The zero-order valence-corrected chi connectivity index (χ0v) is 12.1. The van der Waals surface area contributed by atoms with Crippen molar-refractivity contribution in [2.24, 2.45) is 0 Å². The smallest absolute Gasteiger partial charge is 0.238 e. The quantitative estimate of drug-likeness (QED) is 0.885. The monoisotopic (exact) mass is 288 g/mol. The molecule has 0 saturated heterocycles. The first-order chi connectivity index (χ1) is 9.65. The summed E-state index contributed by atoms with van der Waals surface area (Å²) in [6.45, 7) is 2.87. The molecule has 104 valence electrons. The summed E-state index contributed by atoms with van der Waals surface area (Å²) in [5.74, 6) is -0.0775. The Morgan fingerprint density at radius 3 is 2.65 bits per heavy atom. The fraction of sp³-hybridized carbons (Fsp3) is 0.188. The zero-order valence-electron chi connectivity index (χ0n) is 11.3. The first kappa shape index (κ1) is 14.6. The van der Waals surface area contributed by atoms with Crippen LogP contribution < -0.4 is 10.6 Å². The summed E-state index contributed by atoms with van der Waals surface area (Å²) < 4.78 is 0. The van der Waals surface area contributed by atoms with Gasteiger partial charge in [-0.15, -0.1) is 0 Å². The molecule has 0 radical (unpaired) electrons. The maximum atomic E-state index is 11.8. The van der Waals surface area contributed by atoms with E-state index in [1.54, 1.807) is 12.1 Å². The molecule has 0 aliphatic heterocycles. The number of hydrogen-bond donors (Lipinski definition) is 2. The first-order valence-corrected chi connectivity index (χ1v) is 6.83. The van der Waals surface area contributed by atoms with Crippen molar-refractivity contribution in [2.75, 3.05) is 11.9 Å². The number of carbonyl (C=O) groups is 1. The van der Waals surface area contributed by atoms with E-state index in [9.17, 15) is 4.79 Å². The number of halogens is 1. The number of aryl methyl sites for hydroxylation is 1. The molecule has 0 fully saturated rings. The highest BCUT2D eigenvalue weighted by atomic mass is 35.5. The summed E-state index contributed by atoms with van der Waals surface area (Å²) in [6, 6.07) is 15.4. The van der Waals surface area contributed by atoms with E-state index in [1.807, 2.05) is 43.3 Å². The number of amides is 1. The molecule has 0 bridgehead atoms. The zero-order chi connectivity index (χ0) is 14.4. The van der Waals surface area contributed by atoms with Gasteiger partial charge in [-0.1, -0.05) is 48.0 Å². The lowest BCUT2D eigenvalue weighted by atomic mass is 10.2. The third kappa shape index (κ3) is 4.37. The Kier molecular flexibility index (Phi) is 5.16. The van der Waals surface area contributed by atoms with Crippen LogP contribution in [0, 0.1) is 6.92 Å². The highest BCUT2D eigenvalue weighted by molar-refractivity contribution is 6.31. The van der Waals surface area contributed by atoms with Gasteiger partial charge in [0.05, 0.1) is 6.54 Å². The van der Waals surface area contributed by atoms with Crippen LogP contribution in [-0.4, -0.2) is 12.5 Å². The highest BCUT2D eigenvalue weighted by Crippen LogP contribution is 2.19. The average molecular weight is 289 g/mol. The molecule has 0 aliphatic carbocycles. The number of benzene rings is 2. The third-order valence-corrected chi connectivity index (χ3v) is 3.17. The molecule has 0 unspecified atom stereocenters. The van der Waals surface area contributed by atoms with E-state index in [2.05, 4.69) is 10.6 Å². The largest absolute Gasteiger partial charge is 0.325 e. The minimum atomic E-state index is -0.0775. The van der Waals surface area contributed by atoms with Crippen LogP contribution in [0.3, 0.4) is 0 Å². The van der Waals surface area contributed by atoms with Gasteiger partial charge in [0, 0.05) is 17.3 Å². The van der Waals surface area contributed by atoms with Gasteiger partial charge < -0.3 is 10.6 Å². The molecule has 4 heteroatoms. The predicted octanol–water partition coefficient (Wildman–Crippen LogP) is 3.38. The Bertz CT molecular complexity index is 584. The Balaban J connectivity index is 1.82. The lowest BCUT2D eigenvalue weighted by Crippen LogP contribution is -2.27. The van der Waals surface area contributed by atoms with E-state index in [4.69, 9.17) is 11.6 Å². The van der Waals surface area contributed by atoms with Gasteiger partial charge in [0.25, 0.3) is 0 Å². The minimum absolute atomic E-state index is 0.0775. The van der Waals surface area contributed by atoms with Crippen molar-refractivity contribution in [1.82, 2.24) is 5.32 Å². The van der Waals surface area contributed by atoms with Gasteiger partial charge in [-0.05, 0) is 30.2 Å². The van der Waals surface area contributed by atoms with Crippen LogP contribution in [0.4, 0.5) is 5.69 Å². The van der Waals surface area contributed by atoms with Crippen LogP contribution in [0.1, 0.15) is 11.1 Å². The lowest BCUT2D eigenvalue weighted by molar-refractivity contribution is -0.115. The minimum Gasteiger partial charge on any atom is -0.325 e. The summed E-state index contributed by atoms with van der Waals surface area (Å²) in [5.41, 5.74) is 2.90. The molecular formula is C16H17ClN2O. The molecule has 20 heavy (non-hydrogen) atoms. The number of hydrogen-bond acceptors (Lipinski definition) is 2. The van der Waals surface area contributed by atoms with Crippen molar-refractivity contribution in [2.45, 2.75) is 13.5 Å². The molecule has 1 amide bonds. The molecule has 3 nitrogen and oxygen atoms in total. The Hall–Kier alpha value is -1.84. The number of anilines is 1. The topological polar surface area (TPSA) is 41.1 Å². The van der Waals surface area contributed by atoms with Crippen molar-refractivity contribution < 1.29 is 4.79 Å². The van der Waals surface area contributed by atoms with Gasteiger partial charge >= 0.3 is 0 Å². The van der Waals surface area contributed by atoms with E-state index in [0.29, 0.717) is 11.6 Å². The molecule has 2 N–H and O–H groups in total. The summed E-state index contributed by atoms with van der Waals surface area (Å²) >= 11 is 5.92. The van der Waals surface area contributed by atoms with Crippen LogP contribution in [0.15, 0.2) is 48.5 Å². The second-order valence-corrected chi connectivity index (χ2v) is 5.03. The Morgan fingerprint density at radius 2 is 1.90 bits per heavy atom. The molecule has 0 aromatic heterocycles. The molecule has 0 atom stereocenters. The van der Waals surface area contributed by atoms with Gasteiger partial charge in [-0.3, -0.25) is 4.79 Å². The van der Waals surface area contributed by atoms with Gasteiger partial charge in [0.2, 0.25) is 5.91 Å². The van der Waals surface area contributed by atoms with Gasteiger partial charge in [-0.2, -0.15) is 0 Å². The van der Waals surface area contributed by atoms with Crippen LogP contribution >= 0.6 is 11.6 Å². The number of carbonyl (C=O) groups excluding carboxylic acids is 1. The summed E-state index contributed by atoms with van der Waals surface area (Å²) in [4.78, 5) is 11.8. The van der Waals surface area contributed by atoms with Gasteiger partial charge in [-0.25, -0.2) is 0 Å². The SMILES string of the molecule is Cc1ccc(Cl)cc1NC(=O)CNCc1ccccc1. The van der Waals surface area contributed by atoms with E-state index >= 15 is 0 Å². The van der Waals surface area contributed by atoms with Gasteiger partial charge in [0.15, 0.2) is 0 Å². The van der Waals surface area contributed by atoms with Gasteiger partial charge in [0.1, 0.15) is 0 Å². The Labute approximate surface area is 124 Å². The fourth-order valence-corrected chi connectivity index (χ4v) is 2.01. The molecule has 2 rings (SSSR count). The molecular weight excluding hydrogens is 272 g/mol. The average Bonchev–Trinajstić information content (AvgIpc) is 2.44. The maximum Gasteiger partial charge on any atom is 0.238 e. The number of nitrogens with one attached hydrogen (secondary N) is 2. The Morgan fingerprint density at radius 1 is 1.15 bits per heavy atom. The third-order valence-electron chi connectivity index (χ3n) is 2.93. The van der Waals surface area contributed by atoms with Crippen LogP contribution in [0.5, 0.6) is 0 Å². The molecule has 0 spiro atoms. The van der Waals surface area contributed by atoms with Crippen LogP contribution in [0.25, 0.3) is 0 Å². The first-order valence-electron chi connectivity index (χ1n) is 6.46. The molecule has 0 aliphatic rings. The predicted molar refractivity (Wildman–Crippen MR) is 83.0 cm³/mol. The second-order valence-electron chi connectivity index (χ2n) is 4.60. The van der Waals surface area contributed by atoms with Crippen molar-refractivity contribution in [3.05, 3.63) is 64.7 Å². The molecule has 2 aromatic rings.